The number of rotatable bonds is 5. The number of nitro groups is 1. The van der Waals surface area contributed by atoms with E-state index < -0.39 is 11.0 Å². The summed E-state index contributed by atoms with van der Waals surface area (Å²) in [6, 6.07) is 15.0. The van der Waals surface area contributed by atoms with E-state index in [0.717, 1.165) is 5.56 Å². The molecule has 0 heterocycles. The van der Waals surface area contributed by atoms with Gasteiger partial charge in [0.1, 0.15) is 0 Å². The highest BCUT2D eigenvalue weighted by molar-refractivity contribution is 5.41. The first-order valence-electron chi connectivity index (χ1n) is 7.30. The van der Waals surface area contributed by atoms with Crippen LogP contribution < -0.4 is 5.73 Å². The van der Waals surface area contributed by atoms with E-state index in [1.54, 1.807) is 12.1 Å². The van der Waals surface area contributed by atoms with Gasteiger partial charge in [-0.25, -0.2) is 0 Å². The van der Waals surface area contributed by atoms with Gasteiger partial charge in [-0.3, -0.25) is 10.1 Å². The largest absolute Gasteiger partial charge is 0.387 e. The fourth-order valence-electron chi connectivity index (χ4n) is 2.13. The molecule has 2 atom stereocenters. The van der Waals surface area contributed by atoms with E-state index >= 15 is 0 Å². The van der Waals surface area contributed by atoms with E-state index in [9.17, 15) is 15.2 Å². The molecule has 3 N–H and O–H groups in total. The van der Waals surface area contributed by atoms with Gasteiger partial charge in [0.2, 0.25) is 0 Å². The van der Waals surface area contributed by atoms with Crippen molar-refractivity contribution in [3.63, 3.8) is 0 Å². The van der Waals surface area contributed by atoms with Crippen LogP contribution in [0.4, 0.5) is 5.69 Å². The molecule has 2 aromatic rings. The van der Waals surface area contributed by atoms with Crippen molar-refractivity contribution in [1.29, 1.82) is 0 Å². The Morgan fingerprint density at radius 1 is 1.13 bits per heavy atom. The average molecular weight is 310 g/mol. The second kappa shape index (κ2) is 8.08. The van der Waals surface area contributed by atoms with E-state index in [2.05, 4.69) is 11.8 Å². The first-order valence-corrected chi connectivity index (χ1v) is 7.30. The molecule has 118 valence electrons. The number of nitrogens with zero attached hydrogens (tertiary/aromatic N) is 1. The van der Waals surface area contributed by atoms with Crippen LogP contribution >= 0.6 is 0 Å². The average Bonchev–Trinajstić information content (AvgIpc) is 2.59. The zero-order valence-corrected chi connectivity index (χ0v) is 12.6. The summed E-state index contributed by atoms with van der Waals surface area (Å²) < 4.78 is 0. The Hall–Kier alpha value is -2.68. The lowest BCUT2D eigenvalue weighted by molar-refractivity contribution is -0.384. The Balaban J connectivity index is 1.86. The van der Waals surface area contributed by atoms with Gasteiger partial charge in [-0.05, 0) is 24.1 Å². The normalized spacial score (nSPS) is 12.8. The lowest BCUT2D eigenvalue weighted by Crippen LogP contribution is -2.28. The number of hydrogen-bond acceptors (Lipinski definition) is 4. The summed E-state index contributed by atoms with van der Waals surface area (Å²) in [5.74, 6) is 5.91. The summed E-state index contributed by atoms with van der Waals surface area (Å²) in [5.41, 5.74) is 7.54. The van der Waals surface area contributed by atoms with Crippen LogP contribution in [-0.4, -0.2) is 16.1 Å². The number of nitro benzene ring substituents is 1. The van der Waals surface area contributed by atoms with Gasteiger partial charge < -0.3 is 10.8 Å². The zero-order chi connectivity index (χ0) is 16.7. The maximum atomic E-state index is 10.6. The smallest absolute Gasteiger partial charge is 0.269 e. The highest BCUT2D eigenvalue weighted by Gasteiger charge is 2.15. The maximum absolute atomic E-state index is 10.6. The molecule has 5 heteroatoms. The number of benzene rings is 2. The zero-order valence-electron chi connectivity index (χ0n) is 12.6. The van der Waals surface area contributed by atoms with Crippen molar-refractivity contribution in [3.05, 3.63) is 75.8 Å². The second-order valence-corrected chi connectivity index (χ2v) is 5.16. The SMILES string of the molecule is N[C@H](CCC#Cc1ccc([N+](=O)[O-])cc1)[C@@H](O)c1ccccc1. The lowest BCUT2D eigenvalue weighted by atomic mass is 9.99. The molecule has 0 aromatic heterocycles. The molecule has 0 aliphatic heterocycles. The summed E-state index contributed by atoms with van der Waals surface area (Å²) in [7, 11) is 0. The van der Waals surface area contributed by atoms with Gasteiger partial charge in [0.15, 0.2) is 0 Å². The molecule has 23 heavy (non-hydrogen) atoms. The monoisotopic (exact) mass is 310 g/mol. The molecule has 2 rings (SSSR count). The van der Waals surface area contributed by atoms with Crippen LogP contribution in [0.2, 0.25) is 0 Å². The van der Waals surface area contributed by atoms with Crippen LogP contribution in [0.1, 0.15) is 30.1 Å². The molecule has 0 unspecified atom stereocenters. The number of aliphatic hydroxyl groups excluding tert-OH is 1. The lowest BCUT2D eigenvalue weighted by Gasteiger charge is -2.18. The Labute approximate surface area is 134 Å². The summed E-state index contributed by atoms with van der Waals surface area (Å²) in [6.07, 6.45) is 0.398. The van der Waals surface area contributed by atoms with E-state index in [4.69, 9.17) is 5.73 Å². The van der Waals surface area contributed by atoms with Crippen molar-refractivity contribution in [3.8, 4) is 11.8 Å². The minimum absolute atomic E-state index is 0.0450. The van der Waals surface area contributed by atoms with Crippen LogP contribution in [0.25, 0.3) is 0 Å². The Kier molecular flexibility index (Phi) is 5.87. The number of hydrogen-bond donors (Lipinski definition) is 2. The molecular weight excluding hydrogens is 292 g/mol. The molecular formula is C18H18N2O3. The first kappa shape index (κ1) is 16.7. The summed E-state index contributed by atoms with van der Waals surface area (Å²) in [6.45, 7) is 0. The van der Waals surface area contributed by atoms with Crippen molar-refractivity contribution in [2.75, 3.05) is 0 Å². The topological polar surface area (TPSA) is 89.4 Å². The highest BCUT2D eigenvalue weighted by atomic mass is 16.6. The summed E-state index contributed by atoms with van der Waals surface area (Å²) in [5, 5.41) is 20.7. The molecule has 0 saturated heterocycles. The summed E-state index contributed by atoms with van der Waals surface area (Å²) in [4.78, 5) is 10.1. The second-order valence-electron chi connectivity index (χ2n) is 5.16. The molecule has 0 fully saturated rings. The van der Waals surface area contributed by atoms with Crippen LogP contribution in [0.5, 0.6) is 0 Å². The third-order valence-electron chi connectivity index (χ3n) is 3.46. The fourth-order valence-corrected chi connectivity index (χ4v) is 2.13. The van der Waals surface area contributed by atoms with Gasteiger partial charge in [-0.2, -0.15) is 0 Å². The van der Waals surface area contributed by atoms with Gasteiger partial charge >= 0.3 is 0 Å². The predicted molar refractivity (Wildman–Crippen MR) is 88.6 cm³/mol. The number of nitrogens with two attached hydrogens (primary N) is 1. The molecule has 0 radical (unpaired) electrons. The van der Waals surface area contributed by atoms with Crippen LogP contribution in [0, 0.1) is 22.0 Å². The Bertz CT molecular complexity index is 703. The quantitative estimate of drug-likeness (QED) is 0.505. The Morgan fingerprint density at radius 2 is 1.78 bits per heavy atom. The minimum Gasteiger partial charge on any atom is -0.387 e. The van der Waals surface area contributed by atoms with Gasteiger partial charge in [0.05, 0.1) is 11.0 Å². The standard InChI is InChI=1S/C18H18N2O3/c19-17(18(21)15-7-2-1-3-8-15)9-5-4-6-14-10-12-16(13-11-14)20(22)23/h1-3,7-8,10-13,17-18,21H,5,9,19H2/t17-,18+/m1/s1. The predicted octanol–water partition coefficient (Wildman–Crippen LogP) is 2.79. The van der Waals surface area contributed by atoms with Crippen molar-refractivity contribution >= 4 is 5.69 Å². The third kappa shape index (κ3) is 4.92. The molecule has 0 aliphatic rings. The molecule has 0 amide bonds. The maximum Gasteiger partial charge on any atom is 0.269 e. The van der Waals surface area contributed by atoms with Crippen LogP contribution in [0.15, 0.2) is 54.6 Å². The molecule has 0 bridgehead atoms. The molecule has 0 spiro atoms. The van der Waals surface area contributed by atoms with E-state index in [1.807, 2.05) is 30.3 Å². The van der Waals surface area contributed by atoms with Crippen LogP contribution in [-0.2, 0) is 0 Å². The minimum atomic E-state index is -0.711. The highest BCUT2D eigenvalue weighted by Crippen LogP contribution is 2.17. The van der Waals surface area contributed by atoms with E-state index in [0.29, 0.717) is 18.4 Å². The van der Waals surface area contributed by atoms with Gasteiger partial charge in [0, 0.05) is 30.2 Å². The van der Waals surface area contributed by atoms with Gasteiger partial charge in [-0.1, -0.05) is 42.2 Å². The Morgan fingerprint density at radius 3 is 2.39 bits per heavy atom. The summed E-state index contributed by atoms with van der Waals surface area (Å²) >= 11 is 0. The number of aliphatic hydroxyl groups is 1. The van der Waals surface area contributed by atoms with Gasteiger partial charge in [0.25, 0.3) is 5.69 Å². The third-order valence-corrected chi connectivity index (χ3v) is 3.46. The molecule has 0 saturated carbocycles. The van der Waals surface area contributed by atoms with E-state index in [1.165, 1.54) is 12.1 Å². The molecule has 0 aliphatic carbocycles. The van der Waals surface area contributed by atoms with Crippen LogP contribution in [0.3, 0.4) is 0 Å². The first-order chi connectivity index (χ1) is 11.1. The van der Waals surface area contributed by atoms with Gasteiger partial charge in [-0.15, -0.1) is 0 Å². The van der Waals surface area contributed by atoms with Crippen molar-refractivity contribution in [1.82, 2.24) is 0 Å². The number of non-ortho nitro benzene ring substituents is 1. The van der Waals surface area contributed by atoms with E-state index in [-0.39, 0.29) is 11.7 Å². The van der Waals surface area contributed by atoms with Crippen molar-refractivity contribution in [2.45, 2.75) is 25.0 Å². The molecule has 2 aromatic carbocycles. The fraction of sp³-hybridized carbons (Fsp3) is 0.222. The molecule has 5 nitrogen and oxygen atoms in total. The van der Waals surface area contributed by atoms with Crippen molar-refractivity contribution in [2.24, 2.45) is 5.73 Å². The van der Waals surface area contributed by atoms with Crippen molar-refractivity contribution < 1.29 is 10.0 Å².